The van der Waals surface area contributed by atoms with Gasteiger partial charge in [0.1, 0.15) is 5.82 Å². The van der Waals surface area contributed by atoms with Gasteiger partial charge in [0, 0.05) is 13.6 Å². The third-order valence-corrected chi connectivity index (χ3v) is 2.76. The maximum absolute atomic E-state index is 13.4. The molecule has 100 valence electrons. The first-order chi connectivity index (χ1) is 8.49. The average Bonchev–Trinajstić information content (AvgIpc) is 2.33. The molecule has 1 rings (SSSR count). The number of carbonyl (C=O) groups excluding carboxylic acids is 1. The van der Waals surface area contributed by atoms with Crippen molar-refractivity contribution in [3.05, 3.63) is 23.5 Å². The van der Waals surface area contributed by atoms with E-state index in [1.165, 1.54) is 6.07 Å². The maximum atomic E-state index is 13.4. The number of nitrogens with zero attached hydrogens (tertiary/aromatic N) is 1. The molecule has 0 aromatic heterocycles. The molecule has 1 aromatic rings. The van der Waals surface area contributed by atoms with Crippen LogP contribution in [-0.4, -0.2) is 26.0 Å². The number of hydrogen-bond donors (Lipinski definition) is 2. The van der Waals surface area contributed by atoms with E-state index >= 15 is 0 Å². The SMILES string of the molecule is CCCN(CC(=O)NC)c1cc(C)c(F)cc1N. The number of nitrogens with two attached hydrogens (primary N) is 1. The highest BCUT2D eigenvalue weighted by molar-refractivity contribution is 5.83. The fourth-order valence-electron chi connectivity index (χ4n) is 1.76. The summed E-state index contributed by atoms with van der Waals surface area (Å²) in [6.07, 6.45) is 0.882. The molecule has 4 nitrogen and oxygen atoms in total. The largest absolute Gasteiger partial charge is 0.397 e. The molecule has 0 aliphatic carbocycles. The Morgan fingerprint density at radius 3 is 2.72 bits per heavy atom. The van der Waals surface area contributed by atoms with Crippen LogP contribution in [0.4, 0.5) is 15.8 Å². The smallest absolute Gasteiger partial charge is 0.239 e. The zero-order valence-electron chi connectivity index (χ0n) is 11.1. The summed E-state index contributed by atoms with van der Waals surface area (Å²) >= 11 is 0. The van der Waals surface area contributed by atoms with Crippen molar-refractivity contribution in [2.75, 3.05) is 30.8 Å². The van der Waals surface area contributed by atoms with E-state index in [0.717, 1.165) is 6.42 Å². The summed E-state index contributed by atoms with van der Waals surface area (Å²) in [6.45, 7) is 4.62. The van der Waals surface area contributed by atoms with Crippen LogP contribution in [0.3, 0.4) is 0 Å². The standard InChI is InChI=1S/C13H20FN3O/c1-4-5-17(8-13(18)16-3)12-6-9(2)10(14)7-11(12)15/h6-7H,4-5,8,15H2,1-3H3,(H,16,18). The summed E-state index contributed by atoms with van der Waals surface area (Å²) in [5, 5.41) is 2.57. The van der Waals surface area contributed by atoms with Crippen LogP contribution >= 0.6 is 0 Å². The van der Waals surface area contributed by atoms with E-state index in [0.29, 0.717) is 23.5 Å². The molecule has 0 unspecified atom stereocenters. The maximum Gasteiger partial charge on any atom is 0.239 e. The third kappa shape index (κ3) is 3.35. The molecule has 0 saturated heterocycles. The van der Waals surface area contributed by atoms with Gasteiger partial charge in [-0.3, -0.25) is 4.79 Å². The molecule has 18 heavy (non-hydrogen) atoms. The third-order valence-electron chi connectivity index (χ3n) is 2.76. The van der Waals surface area contributed by atoms with Gasteiger partial charge in [-0.05, 0) is 31.0 Å². The Kier molecular flexibility index (Phi) is 4.95. The highest BCUT2D eigenvalue weighted by atomic mass is 19.1. The summed E-state index contributed by atoms with van der Waals surface area (Å²) in [5.41, 5.74) is 7.42. The summed E-state index contributed by atoms with van der Waals surface area (Å²) in [5.74, 6) is -0.419. The van der Waals surface area contributed by atoms with Crippen LogP contribution in [-0.2, 0) is 4.79 Å². The highest BCUT2D eigenvalue weighted by Gasteiger charge is 2.14. The summed E-state index contributed by atoms with van der Waals surface area (Å²) in [6, 6.07) is 2.99. The molecular formula is C13H20FN3O. The van der Waals surface area contributed by atoms with E-state index in [4.69, 9.17) is 5.73 Å². The topological polar surface area (TPSA) is 58.4 Å². The van der Waals surface area contributed by atoms with Gasteiger partial charge in [-0.2, -0.15) is 0 Å². The number of aryl methyl sites for hydroxylation is 1. The number of nitrogen functional groups attached to an aromatic ring is 1. The Morgan fingerprint density at radius 2 is 2.17 bits per heavy atom. The van der Waals surface area contributed by atoms with Gasteiger partial charge < -0.3 is 16.0 Å². The molecule has 0 fully saturated rings. The second-order valence-electron chi connectivity index (χ2n) is 4.25. The van der Waals surface area contributed by atoms with Crippen LogP contribution in [0.15, 0.2) is 12.1 Å². The van der Waals surface area contributed by atoms with Crippen molar-refractivity contribution in [3.8, 4) is 0 Å². The molecule has 0 aliphatic heterocycles. The number of likely N-dealkylation sites (N-methyl/N-ethyl adjacent to an activating group) is 1. The fourth-order valence-corrected chi connectivity index (χ4v) is 1.76. The van der Waals surface area contributed by atoms with Crippen LogP contribution in [0.5, 0.6) is 0 Å². The molecule has 1 amide bonds. The zero-order valence-corrected chi connectivity index (χ0v) is 11.1. The molecule has 5 heteroatoms. The van der Waals surface area contributed by atoms with Gasteiger partial charge in [-0.25, -0.2) is 4.39 Å². The van der Waals surface area contributed by atoms with Crippen LogP contribution in [0.25, 0.3) is 0 Å². The molecule has 0 aliphatic rings. The van der Waals surface area contributed by atoms with Gasteiger partial charge in [0.15, 0.2) is 0 Å². The van der Waals surface area contributed by atoms with Gasteiger partial charge in [-0.1, -0.05) is 6.92 Å². The molecule has 0 radical (unpaired) electrons. The van der Waals surface area contributed by atoms with E-state index in [1.54, 1.807) is 20.0 Å². The molecule has 3 N–H and O–H groups in total. The van der Waals surface area contributed by atoms with Gasteiger partial charge in [0.05, 0.1) is 17.9 Å². The Bertz CT molecular complexity index is 434. The lowest BCUT2D eigenvalue weighted by atomic mass is 10.1. The van der Waals surface area contributed by atoms with Gasteiger partial charge in [0.2, 0.25) is 5.91 Å². The lowest BCUT2D eigenvalue weighted by Gasteiger charge is -2.25. The van der Waals surface area contributed by atoms with Crippen molar-refractivity contribution >= 4 is 17.3 Å². The minimum absolute atomic E-state index is 0.0928. The highest BCUT2D eigenvalue weighted by Crippen LogP contribution is 2.26. The van der Waals surface area contributed by atoms with Crippen LogP contribution in [0, 0.1) is 12.7 Å². The van der Waals surface area contributed by atoms with E-state index in [1.807, 2.05) is 11.8 Å². The minimum Gasteiger partial charge on any atom is -0.397 e. The van der Waals surface area contributed by atoms with E-state index in [9.17, 15) is 9.18 Å². The Balaban J connectivity index is 3.05. The number of rotatable bonds is 5. The van der Waals surface area contributed by atoms with Crippen molar-refractivity contribution in [1.29, 1.82) is 0 Å². The number of nitrogens with one attached hydrogen (secondary N) is 1. The molecular weight excluding hydrogens is 233 g/mol. The number of benzene rings is 1. The van der Waals surface area contributed by atoms with Crippen LogP contribution in [0.2, 0.25) is 0 Å². The second kappa shape index (κ2) is 6.23. The molecule has 0 heterocycles. The number of anilines is 2. The normalized spacial score (nSPS) is 10.2. The van der Waals surface area contributed by atoms with Crippen molar-refractivity contribution in [3.63, 3.8) is 0 Å². The molecule has 0 spiro atoms. The monoisotopic (exact) mass is 253 g/mol. The van der Waals surface area contributed by atoms with E-state index < -0.39 is 0 Å². The quantitative estimate of drug-likeness (QED) is 0.785. The number of carbonyl (C=O) groups is 1. The first kappa shape index (κ1) is 14.3. The average molecular weight is 253 g/mol. The lowest BCUT2D eigenvalue weighted by molar-refractivity contribution is -0.119. The van der Waals surface area contributed by atoms with Gasteiger partial charge in [0.25, 0.3) is 0 Å². The summed E-state index contributed by atoms with van der Waals surface area (Å²) in [4.78, 5) is 13.3. The number of hydrogen-bond acceptors (Lipinski definition) is 3. The Hall–Kier alpha value is -1.78. The predicted molar refractivity (Wildman–Crippen MR) is 72.1 cm³/mol. The lowest BCUT2D eigenvalue weighted by Crippen LogP contribution is -2.36. The first-order valence-electron chi connectivity index (χ1n) is 6.00. The first-order valence-corrected chi connectivity index (χ1v) is 6.00. The molecule has 0 bridgehead atoms. The Morgan fingerprint density at radius 1 is 1.50 bits per heavy atom. The second-order valence-corrected chi connectivity index (χ2v) is 4.25. The Labute approximate surface area is 107 Å². The molecule has 1 aromatic carbocycles. The van der Waals surface area contributed by atoms with Crippen molar-refractivity contribution in [1.82, 2.24) is 5.32 Å². The van der Waals surface area contributed by atoms with Crippen molar-refractivity contribution in [2.24, 2.45) is 0 Å². The van der Waals surface area contributed by atoms with Crippen molar-refractivity contribution in [2.45, 2.75) is 20.3 Å². The zero-order chi connectivity index (χ0) is 13.7. The van der Waals surface area contributed by atoms with Crippen LogP contribution in [0.1, 0.15) is 18.9 Å². The number of amides is 1. The van der Waals surface area contributed by atoms with Crippen molar-refractivity contribution < 1.29 is 9.18 Å². The predicted octanol–water partition coefficient (Wildman–Crippen LogP) is 1.68. The molecule has 0 atom stereocenters. The van der Waals surface area contributed by atoms with E-state index in [2.05, 4.69) is 5.32 Å². The van der Waals surface area contributed by atoms with E-state index in [-0.39, 0.29) is 18.3 Å². The minimum atomic E-state index is -0.326. The fraction of sp³-hybridized carbons (Fsp3) is 0.462. The summed E-state index contributed by atoms with van der Waals surface area (Å²) < 4.78 is 13.4. The summed E-state index contributed by atoms with van der Waals surface area (Å²) in [7, 11) is 1.59. The molecule has 0 saturated carbocycles. The van der Waals surface area contributed by atoms with Gasteiger partial charge >= 0.3 is 0 Å². The van der Waals surface area contributed by atoms with Gasteiger partial charge in [-0.15, -0.1) is 0 Å². The number of halogens is 1. The van der Waals surface area contributed by atoms with Crippen LogP contribution < -0.4 is 16.0 Å².